The molecule has 0 aliphatic heterocycles. The minimum atomic E-state index is -1.50. The highest BCUT2D eigenvalue weighted by Gasteiger charge is 2.14. The largest absolute Gasteiger partial charge is 0.488 e. The van der Waals surface area contributed by atoms with E-state index in [1.54, 1.807) is 18.3 Å². The maximum absolute atomic E-state index is 9.56. The molecule has 0 aliphatic rings. The predicted molar refractivity (Wildman–Crippen MR) is 126 cm³/mol. The van der Waals surface area contributed by atoms with E-state index in [4.69, 9.17) is 0 Å². The van der Waals surface area contributed by atoms with Gasteiger partial charge in [-0.3, -0.25) is 9.97 Å². The Hall–Kier alpha value is -3.80. The van der Waals surface area contributed by atoms with Crippen LogP contribution in [-0.2, 0) is 0 Å². The summed E-state index contributed by atoms with van der Waals surface area (Å²) in [6.45, 7) is 0. The van der Waals surface area contributed by atoms with Gasteiger partial charge >= 0.3 is 7.12 Å². The monoisotopic (exact) mass is 402 g/mol. The molecule has 0 spiro atoms. The minimum Gasteiger partial charge on any atom is -0.423 e. The fraction of sp³-hybridized carbons (Fsp3) is 0. The Kier molecular flexibility index (Phi) is 5.04. The summed E-state index contributed by atoms with van der Waals surface area (Å²) in [5.74, 6) is 0. The van der Waals surface area contributed by atoms with Crippen LogP contribution in [0, 0.1) is 0 Å². The molecule has 0 amide bonds. The first-order chi connectivity index (χ1) is 15.2. The molecule has 0 radical (unpaired) electrons. The smallest absolute Gasteiger partial charge is 0.423 e. The number of pyridine rings is 2. The van der Waals surface area contributed by atoms with Gasteiger partial charge in [0, 0.05) is 41.3 Å². The van der Waals surface area contributed by atoms with E-state index >= 15 is 0 Å². The van der Waals surface area contributed by atoms with Crippen molar-refractivity contribution in [2.24, 2.45) is 0 Å². The second-order valence-corrected chi connectivity index (χ2v) is 7.41. The Bertz CT molecular complexity index is 1370. The number of hydrogen-bond donors (Lipinski definition) is 2. The molecule has 5 aromatic rings. The molecule has 0 bridgehead atoms. The molecule has 2 heterocycles. The molecule has 0 saturated carbocycles. The summed E-state index contributed by atoms with van der Waals surface area (Å²) < 4.78 is 0. The molecular weight excluding hydrogens is 383 g/mol. The van der Waals surface area contributed by atoms with Crippen molar-refractivity contribution in [2.45, 2.75) is 0 Å². The molecule has 0 fully saturated rings. The van der Waals surface area contributed by atoms with Crippen molar-refractivity contribution in [3.63, 3.8) is 0 Å². The minimum absolute atomic E-state index is 0.462. The van der Waals surface area contributed by atoms with Gasteiger partial charge in [-0.05, 0) is 45.2 Å². The van der Waals surface area contributed by atoms with Crippen molar-refractivity contribution in [1.29, 1.82) is 0 Å². The number of aromatic nitrogens is 2. The van der Waals surface area contributed by atoms with Crippen LogP contribution in [0.1, 0.15) is 0 Å². The lowest BCUT2D eigenvalue weighted by Crippen LogP contribution is -2.29. The highest BCUT2D eigenvalue weighted by atomic mass is 16.4. The first kappa shape index (κ1) is 19.2. The number of benzene rings is 3. The molecule has 0 atom stereocenters. The number of hydrogen-bond acceptors (Lipinski definition) is 4. The van der Waals surface area contributed by atoms with E-state index in [0.717, 1.165) is 44.2 Å². The van der Waals surface area contributed by atoms with Crippen LogP contribution in [0.2, 0.25) is 0 Å². The molecule has 0 saturated heterocycles. The highest BCUT2D eigenvalue weighted by Crippen LogP contribution is 2.35. The van der Waals surface area contributed by atoms with E-state index in [0.29, 0.717) is 5.46 Å². The summed E-state index contributed by atoms with van der Waals surface area (Å²) in [7, 11) is -1.50. The summed E-state index contributed by atoms with van der Waals surface area (Å²) >= 11 is 0. The van der Waals surface area contributed by atoms with E-state index < -0.39 is 7.12 Å². The Balaban J connectivity index is 1.66. The third-order valence-corrected chi connectivity index (χ3v) is 5.47. The fourth-order valence-electron chi connectivity index (χ4n) is 3.94. The Morgan fingerprint density at radius 3 is 2.10 bits per heavy atom. The molecule has 31 heavy (non-hydrogen) atoms. The van der Waals surface area contributed by atoms with E-state index in [1.165, 1.54) is 0 Å². The number of fused-ring (bicyclic) bond motifs is 1. The van der Waals surface area contributed by atoms with Gasteiger partial charge < -0.3 is 10.0 Å². The molecular formula is C26H19BN2O2. The van der Waals surface area contributed by atoms with Crippen LogP contribution >= 0.6 is 0 Å². The van der Waals surface area contributed by atoms with E-state index in [2.05, 4.69) is 40.3 Å². The second kappa shape index (κ2) is 8.15. The molecule has 4 nitrogen and oxygen atoms in total. The summed E-state index contributed by atoms with van der Waals surface area (Å²) in [4.78, 5) is 8.84. The third kappa shape index (κ3) is 3.72. The van der Waals surface area contributed by atoms with Gasteiger partial charge in [0.05, 0.1) is 0 Å². The van der Waals surface area contributed by atoms with Gasteiger partial charge in [-0.25, -0.2) is 0 Å². The molecule has 2 aromatic heterocycles. The van der Waals surface area contributed by atoms with E-state index in [1.807, 2.05) is 55.0 Å². The van der Waals surface area contributed by atoms with Gasteiger partial charge in [0.15, 0.2) is 0 Å². The van der Waals surface area contributed by atoms with E-state index in [-0.39, 0.29) is 0 Å². The SMILES string of the molecule is OB(O)c1cccc(-c2ccc(-c3cncc(-c4ccccc4)c3)c3cnccc23)c1. The van der Waals surface area contributed by atoms with Crippen molar-refractivity contribution in [3.8, 4) is 33.4 Å². The van der Waals surface area contributed by atoms with Gasteiger partial charge in [-0.15, -0.1) is 0 Å². The van der Waals surface area contributed by atoms with Gasteiger partial charge in [-0.1, -0.05) is 66.7 Å². The maximum atomic E-state index is 9.56. The van der Waals surface area contributed by atoms with Crippen molar-refractivity contribution < 1.29 is 10.0 Å². The van der Waals surface area contributed by atoms with Gasteiger partial charge in [0.2, 0.25) is 0 Å². The topological polar surface area (TPSA) is 66.2 Å². The number of nitrogens with zero attached hydrogens (tertiary/aromatic N) is 2. The fourth-order valence-corrected chi connectivity index (χ4v) is 3.94. The molecule has 5 heteroatoms. The summed E-state index contributed by atoms with van der Waals surface area (Å²) in [6, 6.07) is 25.8. The lowest BCUT2D eigenvalue weighted by molar-refractivity contribution is 0.426. The van der Waals surface area contributed by atoms with Gasteiger partial charge in [-0.2, -0.15) is 0 Å². The molecule has 0 aliphatic carbocycles. The van der Waals surface area contributed by atoms with Crippen LogP contribution in [0.3, 0.4) is 0 Å². The standard InChI is InChI=1S/C26H19BN2O2/c30-27(31)22-8-4-7-19(14-22)23-9-10-24(26-17-28-12-11-25(23)26)21-13-20(15-29-16-21)18-5-2-1-3-6-18/h1-17,30-31H. The van der Waals surface area contributed by atoms with E-state index in [9.17, 15) is 10.0 Å². The summed E-state index contributed by atoms with van der Waals surface area (Å²) in [6.07, 6.45) is 7.39. The first-order valence-corrected chi connectivity index (χ1v) is 10.0. The Labute approximate surface area is 180 Å². The Morgan fingerprint density at radius 1 is 0.548 bits per heavy atom. The number of rotatable bonds is 4. The molecule has 148 valence electrons. The maximum Gasteiger partial charge on any atom is 0.488 e. The average molecular weight is 402 g/mol. The van der Waals surface area contributed by atoms with Crippen molar-refractivity contribution in [3.05, 3.63) is 104 Å². The molecule has 0 unspecified atom stereocenters. The van der Waals surface area contributed by atoms with Crippen molar-refractivity contribution in [1.82, 2.24) is 9.97 Å². The normalized spacial score (nSPS) is 10.9. The molecule has 5 rings (SSSR count). The van der Waals surface area contributed by atoms with Crippen LogP contribution in [0.15, 0.2) is 104 Å². The van der Waals surface area contributed by atoms with Crippen LogP contribution in [-0.4, -0.2) is 27.1 Å². The zero-order chi connectivity index (χ0) is 21.2. The third-order valence-electron chi connectivity index (χ3n) is 5.47. The molecule has 2 N–H and O–H groups in total. The van der Waals surface area contributed by atoms with Crippen LogP contribution in [0.5, 0.6) is 0 Å². The van der Waals surface area contributed by atoms with Crippen molar-refractivity contribution in [2.75, 3.05) is 0 Å². The second-order valence-electron chi connectivity index (χ2n) is 7.41. The summed E-state index contributed by atoms with van der Waals surface area (Å²) in [5, 5.41) is 21.2. The zero-order valence-corrected chi connectivity index (χ0v) is 16.7. The lowest BCUT2D eigenvalue weighted by Gasteiger charge is -2.13. The molecule has 3 aromatic carbocycles. The van der Waals surface area contributed by atoms with Crippen molar-refractivity contribution >= 4 is 23.4 Å². The Morgan fingerprint density at radius 2 is 1.29 bits per heavy atom. The quantitative estimate of drug-likeness (QED) is 0.440. The zero-order valence-electron chi connectivity index (χ0n) is 16.7. The highest BCUT2D eigenvalue weighted by molar-refractivity contribution is 6.58. The predicted octanol–water partition coefficient (Wildman–Crippen LogP) is 4.31. The average Bonchev–Trinajstić information content (AvgIpc) is 2.84. The van der Waals surface area contributed by atoms with Crippen LogP contribution in [0.4, 0.5) is 0 Å². The van der Waals surface area contributed by atoms with Crippen LogP contribution in [0.25, 0.3) is 44.2 Å². The van der Waals surface area contributed by atoms with Gasteiger partial charge in [0.1, 0.15) is 0 Å². The van der Waals surface area contributed by atoms with Gasteiger partial charge in [0.25, 0.3) is 0 Å². The van der Waals surface area contributed by atoms with Crippen LogP contribution < -0.4 is 5.46 Å². The summed E-state index contributed by atoms with van der Waals surface area (Å²) in [5.41, 5.74) is 6.64. The lowest BCUT2D eigenvalue weighted by atomic mass is 9.79. The first-order valence-electron chi connectivity index (χ1n) is 10.0.